The van der Waals surface area contributed by atoms with Gasteiger partial charge in [-0.2, -0.15) is 5.26 Å². The fourth-order valence-electron chi connectivity index (χ4n) is 3.78. The molecule has 140 valence electrons. The molecule has 0 aliphatic heterocycles. The average Bonchev–Trinajstić information content (AvgIpc) is 2.85. The second-order valence-corrected chi connectivity index (χ2v) is 7.52. The van der Waals surface area contributed by atoms with Gasteiger partial charge in [-0.3, -0.25) is 0 Å². The van der Waals surface area contributed by atoms with Crippen LogP contribution in [0.15, 0.2) is 47.3 Å². The van der Waals surface area contributed by atoms with Crippen molar-refractivity contribution >= 4 is 0 Å². The van der Waals surface area contributed by atoms with Gasteiger partial charge in [0, 0.05) is 30.8 Å². The Morgan fingerprint density at radius 2 is 2.15 bits per heavy atom. The maximum Gasteiger partial charge on any atom is 0.141 e. The minimum absolute atomic E-state index is 0.0764. The van der Waals surface area contributed by atoms with Crippen LogP contribution in [0.5, 0.6) is 0 Å². The summed E-state index contributed by atoms with van der Waals surface area (Å²) in [6.07, 6.45) is 5.48. The molecule has 0 aromatic heterocycles. The topological polar surface area (TPSA) is 53.2 Å². The van der Waals surface area contributed by atoms with E-state index in [1.165, 1.54) is 19.1 Å². The molecule has 3 rings (SSSR count). The van der Waals surface area contributed by atoms with E-state index in [-0.39, 0.29) is 31.3 Å². The van der Waals surface area contributed by atoms with E-state index in [0.29, 0.717) is 24.2 Å². The molecular weight excluding hydrogens is 343 g/mol. The van der Waals surface area contributed by atoms with Crippen LogP contribution >= 0.6 is 0 Å². The molecule has 0 fully saturated rings. The van der Waals surface area contributed by atoms with Crippen LogP contribution in [-0.2, 0) is 4.74 Å². The van der Waals surface area contributed by atoms with Gasteiger partial charge in [0.1, 0.15) is 23.4 Å². The molecule has 6 heteroatoms. The number of rotatable bonds is 4. The highest BCUT2D eigenvalue weighted by molar-refractivity contribution is 5.30. The number of aliphatic hydroxyl groups is 1. The van der Waals surface area contributed by atoms with Crippen molar-refractivity contribution in [3.63, 3.8) is 0 Å². The number of nitriles is 1. The van der Waals surface area contributed by atoms with Crippen LogP contribution in [0.4, 0.5) is 13.2 Å². The molecule has 1 N–H and O–H groups in total. The summed E-state index contributed by atoms with van der Waals surface area (Å²) in [4.78, 5) is 0. The lowest BCUT2D eigenvalue weighted by atomic mass is 9.80. The van der Waals surface area contributed by atoms with E-state index in [9.17, 15) is 23.5 Å². The zero-order valence-corrected chi connectivity index (χ0v) is 14.6. The van der Waals surface area contributed by atoms with Crippen molar-refractivity contribution in [2.75, 3.05) is 6.61 Å². The molecule has 0 saturated heterocycles. The van der Waals surface area contributed by atoms with E-state index in [1.54, 1.807) is 6.08 Å². The Hall–Kier alpha value is -2.00. The number of ether oxygens (including phenoxy) is 1. The average molecular weight is 365 g/mol. The molecule has 0 bridgehead atoms. The Balaban J connectivity index is 1.72. The number of hydrogen-bond donors (Lipinski definition) is 1. The summed E-state index contributed by atoms with van der Waals surface area (Å²) in [6.45, 7) is 1.46. The largest absolute Gasteiger partial charge is 0.497 e. The molecular formula is C20H22F3NO2. The number of aliphatic hydroxyl groups excluding tert-OH is 1. The van der Waals surface area contributed by atoms with Crippen LogP contribution in [0.1, 0.15) is 32.6 Å². The zero-order valence-electron chi connectivity index (χ0n) is 14.6. The Kier molecular flexibility index (Phi) is 5.29. The molecule has 3 aliphatic carbocycles. The molecule has 0 amide bonds. The van der Waals surface area contributed by atoms with Crippen molar-refractivity contribution in [1.82, 2.24) is 0 Å². The van der Waals surface area contributed by atoms with Crippen molar-refractivity contribution in [2.45, 2.75) is 44.4 Å². The van der Waals surface area contributed by atoms with Gasteiger partial charge >= 0.3 is 0 Å². The smallest absolute Gasteiger partial charge is 0.141 e. The van der Waals surface area contributed by atoms with E-state index in [1.807, 2.05) is 0 Å². The quantitative estimate of drug-likeness (QED) is 0.742. The fourth-order valence-corrected chi connectivity index (χ4v) is 3.78. The van der Waals surface area contributed by atoms with Crippen LogP contribution < -0.4 is 0 Å². The molecule has 5 atom stereocenters. The van der Waals surface area contributed by atoms with Crippen molar-refractivity contribution in [3.05, 3.63) is 47.3 Å². The van der Waals surface area contributed by atoms with Crippen LogP contribution in [0.2, 0.25) is 0 Å². The predicted octanol–water partition coefficient (Wildman–Crippen LogP) is 4.58. The van der Waals surface area contributed by atoms with Crippen molar-refractivity contribution in [2.24, 2.45) is 17.8 Å². The van der Waals surface area contributed by atoms with Crippen LogP contribution in [0.25, 0.3) is 0 Å². The second kappa shape index (κ2) is 7.32. The van der Waals surface area contributed by atoms with Gasteiger partial charge in [0.2, 0.25) is 0 Å². The van der Waals surface area contributed by atoms with Crippen LogP contribution in [-0.4, -0.2) is 23.5 Å². The summed E-state index contributed by atoms with van der Waals surface area (Å²) < 4.78 is 46.9. The second-order valence-electron chi connectivity index (χ2n) is 7.52. The van der Waals surface area contributed by atoms with Gasteiger partial charge < -0.3 is 9.84 Å². The fraction of sp³-hybridized carbons (Fsp3) is 0.550. The highest BCUT2D eigenvalue weighted by Crippen LogP contribution is 2.43. The van der Waals surface area contributed by atoms with Gasteiger partial charge in [-0.1, -0.05) is 11.6 Å². The number of alkyl halides is 1. The van der Waals surface area contributed by atoms with Crippen molar-refractivity contribution < 1.29 is 23.0 Å². The molecule has 0 heterocycles. The molecule has 26 heavy (non-hydrogen) atoms. The molecule has 0 spiro atoms. The normalized spacial score (nSPS) is 37.2. The maximum absolute atomic E-state index is 14.4. The highest BCUT2D eigenvalue weighted by Gasteiger charge is 2.42. The number of hydrogen-bond acceptors (Lipinski definition) is 3. The minimum Gasteiger partial charge on any atom is -0.497 e. The third-order valence-corrected chi connectivity index (χ3v) is 5.25. The third kappa shape index (κ3) is 4.04. The van der Waals surface area contributed by atoms with Crippen LogP contribution in [0, 0.1) is 29.1 Å². The summed E-state index contributed by atoms with van der Waals surface area (Å²) >= 11 is 0. The lowest BCUT2D eigenvalue weighted by Crippen LogP contribution is -2.29. The number of halogens is 3. The van der Waals surface area contributed by atoms with E-state index in [0.717, 1.165) is 6.08 Å². The molecule has 0 aromatic rings. The predicted molar refractivity (Wildman–Crippen MR) is 90.6 cm³/mol. The minimum atomic E-state index is -1.73. The molecule has 0 saturated carbocycles. The number of allylic oxidation sites excluding steroid dienone is 5. The van der Waals surface area contributed by atoms with Gasteiger partial charge in [0.05, 0.1) is 24.4 Å². The first-order chi connectivity index (χ1) is 12.3. The van der Waals surface area contributed by atoms with Crippen LogP contribution in [0.3, 0.4) is 0 Å². The Labute approximate surface area is 151 Å². The van der Waals surface area contributed by atoms with Gasteiger partial charge in [-0.25, -0.2) is 13.2 Å². The van der Waals surface area contributed by atoms with E-state index >= 15 is 0 Å². The summed E-state index contributed by atoms with van der Waals surface area (Å²) in [7, 11) is 0. The molecule has 2 unspecified atom stereocenters. The molecule has 0 radical (unpaired) electrons. The van der Waals surface area contributed by atoms with Gasteiger partial charge in [-0.05, 0) is 31.9 Å². The molecule has 0 aromatic carbocycles. The van der Waals surface area contributed by atoms with Gasteiger partial charge in [0.15, 0.2) is 0 Å². The van der Waals surface area contributed by atoms with Gasteiger partial charge in [-0.15, -0.1) is 0 Å². The van der Waals surface area contributed by atoms with Crippen molar-refractivity contribution in [1.29, 1.82) is 5.26 Å². The number of nitrogens with zero attached hydrogens (tertiary/aromatic N) is 1. The summed E-state index contributed by atoms with van der Waals surface area (Å²) in [6, 6.07) is 2.23. The van der Waals surface area contributed by atoms with E-state index in [2.05, 4.69) is 6.07 Å². The van der Waals surface area contributed by atoms with E-state index < -0.39 is 29.3 Å². The third-order valence-electron chi connectivity index (χ3n) is 5.25. The first kappa shape index (κ1) is 18.8. The first-order valence-corrected chi connectivity index (χ1v) is 8.82. The SMILES string of the molecule is C[C@@]1(F)CC(C2CC(C#N)CC=C2OC[C@@H]2C=C(F)C=C(F)C2)=C[C@@H]1O. The summed E-state index contributed by atoms with van der Waals surface area (Å²) in [5.41, 5.74) is -1.02. The van der Waals surface area contributed by atoms with Crippen molar-refractivity contribution in [3.8, 4) is 6.07 Å². The first-order valence-electron chi connectivity index (χ1n) is 8.82. The lowest BCUT2D eigenvalue weighted by Gasteiger charge is -2.30. The standard InChI is InChI=1S/C20H22F3NO2/c1-20(23)9-14(7-19(20)25)17-6-12(10-24)2-3-18(17)26-11-13-4-15(21)8-16(22)5-13/h3-4,7-8,12-13,17,19,25H,2,5-6,9,11H2,1H3/t12?,13-,17?,19+,20-/m1/s1. The maximum atomic E-state index is 14.4. The van der Waals surface area contributed by atoms with Gasteiger partial charge in [0.25, 0.3) is 0 Å². The Morgan fingerprint density at radius 1 is 1.38 bits per heavy atom. The summed E-state index contributed by atoms with van der Waals surface area (Å²) in [5, 5.41) is 19.1. The van der Waals surface area contributed by atoms with E-state index in [4.69, 9.17) is 4.74 Å². The monoisotopic (exact) mass is 365 g/mol. The zero-order chi connectivity index (χ0) is 18.9. The Morgan fingerprint density at radius 3 is 2.77 bits per heavy atom. The highest BCUT2D eigenvalue weighted by atomic mass is 19.1. The summed E-state index contributed by atoms with van der Waals surface area (Å²) in [5.74, 6) is -1.45. The Bertz CT molecular complexity index is 730. The lowest BCUT2D eigenvalue weighted by molar-refractivity contribution is 0.0478. The molecule has 3 nitrogen and oxygen atoms in total. The molecule has 3 aliphatic rings.